The number of aryl methyl sites for hydroxylation is 1. The van der Waals surface area contributed by atoms with Gasteiger partial charge in [0.15, 0.2) is 0 Å². The van der Waals surface area contributed by atoms with E-state index in [0.29, 0.717) is 0 Å². The SMILES string of the molecule is CCOC(=O)C(Nc1ncc(CC)cn1)C(=O)OCC. The number of hydrogen-bond acceptors (Lipinski definition) is 7. The highest BCUT2D eigenvalue weighted by molar-refractivity contribution is 6.01. The zero-order valence-corrected chi connectivity index (χ0v) is 11.9. The van der Waals surface area contributed by atoms with Crippen LogP contribution in [0.2, 0.25) is 0 Å². The van der Waals surface area contributed by atoms with E-state index in [-0.39, 0.29) is 19.2 Å². The molecule has 0 unspecified atom stereocenters. The van der Waals surface area contributed by atoms with Crippen molar-refractivity contribution in [2.75, 3.05) is 18.5 Å². The molecule has 1 heterocycles. The summed E-state index contributed by atoms with van der Waals surface area (Å²) in [5, 5.41) is 2.63. The number of nitrogens with zero attached hydrogens (tertiary/aromatic N) is 2. The summed E-state index contributed by atoms with van der Waals surface area (Å²) in [6.45, 7) is 5.64. The number of carbonyl (C=O) groups excluding carboxylic acids is 2. The van der Waals surface area contributed by atoms with Crippen LogP contribution >= 0.6 is 0 Å². The van der Waals surface area contributed by atoms with E-state index < -0.39 is 18.0 Å². The van der Waals surface area contributed by atoms with Gasteiger partial charge in [0.2, 0.25) is 12.0 Å². The van der Waals surface area contributed by atoms with E-state index in [1.165, 1.54) is 0 Å². The van der Waals surface area contributed by atoms with Crippen molar-refractivity contribution in [2.45, 2.75) is 33.2 Å². The molecule has 0 saturated heterocycles. The molecule has 0 spiro atoms. The van der Waals surface area contributed by atoms with E-state index in [9.17, 15) is 9.59 Å². The van der Waals surface area contributed by atoms with E-state index in [1.807, 2.05) is 6.92 Å². The molecule has 0 bridgehead atoms. The van der Waals surface area contributed by atoms with Gasteiger partial charge in [0.25, 0.3) is 0 Å². The average molecular weight is 281 g/mol. The van der Waals surface area contributed by atoms with Gasteiger partial charge in [0, 0.05) is 12.4 Å². The molecule has 0 radical (unpaired) electrons. The number of nitrogens with one attached hydrogen (secondary N) is 1. The zero-order valence-electron chi connectivity index (χ0n) is 11.9. The first-order valence-corrected chi connectivity index (χ1v) is 6.53. The minimum absolute atomic E-state index is 0.173. The molecule has 1 N–H and O–H groups in total. The van der Waals surface area contributed by atoms with Gasteiger partial charge >= 0.3 is 11.9 Å². The second-order valence-corrected chi connectivity index (χ2v) is 3.85. The van der Waals surface area contributed by atoms with E-state index in [2.05, 4.69) is 15.3 Å². The summed E-state index contributed by atoms with van der Waals surface area (Å²) in [6, 6.07) is -1.26. The van der Waals surface area contributed by atoms with Gasteiger partial charge in [-0.2, -0.15) is 0 Å². The van der Waals surface area contributed by atoms with Crippen LogP contribution in [0.1, 0.15) is 26.3 Å². The fourth-order valence-corrected chi connectivity index (χ4v) is 1.41. The van der Waals surface area contributed by atoms with Crippen LogP contribution in [-0.2, 0) is 25.5 Å². The van der Waals surface area contributed by atoms with Gasteiger partial charge in [-0.25, -0.2) is 19.6 Å². The number of esters is 2. The van der Waals surface area contributed by atoms with Crippen LogP contribution in [0, 0.1) is 0 Å². The van der Waals surface area contributed by atoms with Crippen molar-refractivity contribution < 1.29 is 19.1 Å². The highest BCUT2D eigenvalue weighted by atomic mass is 16.6. The fraction of sp³-hybridized carbons (Fsp3) is 0.538. The Morgan fingerprint density at radius 3 is 2.00 bits per heavy atom. The average Bonchev–Trinajstić information content (AvgIpc) is 2.45. The molecule has 0 fully saturated rings. The maximum absolute atomic E-state index is 11.7. The Morgan fingerprint density at radius 1 is 1.10 bits per heavy atom. The first-order chi connectivity index (χ1) is 9.62. The maximum atomic E-state index is 11.7. The molecule has 7 nitrogen and oxygen atoms in total. The van der Waals surface area contributed by atoms with Crippen molar-refractivity contribution in [2.24, 2.45) is 0 Å². The van der Waals surface area contributed by atoms with E-state index in [1.54, 1.807) is 26.2 Å². The van der Waals surface area contributed by atoms with Crippen molar-refractivity contribution in [1.82, 2.24) is 9.97 Å². The molecule has 0 aliphatic rings. The second kappa shape index (κ2) is 8.08. The van der Waals surface area contributed by atoms with Crippen LogP contribution in [0.25, 0.3) is 0 Å². The molecule has 0 amide bonds. The minimum Gasteiger partial charge on any atom is -0.464 e. The predicted molar refractivity (Wildman–Crippen MR) is 72.1 cm³/mol. The third-order valence-corrected chi connectivity index (χ3v) is 2.43. The molecular weight excluding hydrogens is 262 g/mol. The first-order valence-electron chi connectivity index (χ1n) is 6.53. The number of rotatable bonds is 7. The summed E-state index contributed by atoms with van der Waals surface area (Å²) in [4.78, 5) is 31.6. The number of hydrogen-bond donors (Lipinski definition) is 1. The minimum atomic E-state index is -1.26. The lowest BCUT2D eigenvalue weighted by Gasteiger charge is -2.15. The second-order valence-electron chi connectivity index (χ2n) is 3.85. The smallest absolute Gasteiger partial charge is 0.340 e. The third-order valence-electron chi connectivity index (χ3n) is 2.43. The molecule has 0 aliphatic carbocycles. The normalized spacial score (nSPS) is 10.2. The van der Waals surface area contributed by atoms with Crippen molar-refractivity contribution >= 4 is 17.9 Å². The Kier molecular flexibility index (Phi) is 6.42. The molecule has 0 aliphatic heterocycles. The van der Waals surface area contributed by atoms with Gasteiger partial charge in [0.1, 0.15) is 0 Å². The fourth-order valence-electron chi connectivity index (χ4n) is 1.41. The highest BCUT2D eigenvalue weighted by Crippen LogP contribution is 2.05. The summed E-state index contributed by atoms with van der Waals surface area (Å²) < 4.78 is 9.66. The summed E-state index contributed by atoms with van der Waals surface area (Å²) in [5.74, 6) is -1.25. The Hall–Kier alpha value is -2.18. The molecule has 20 heavy (non-hydrogen) atoms. The number of carbonyl (C=O) groups is 2. The lowest BCUT2D eigenvalue weighted by molar-refractivity contribution is -0.155. The van der Waals surface area contributed by atoms with Crippen LogP contribution in [0.5, 0.6) is 0 Å². The Labute approximate surface area is 117 Å². The third kappa shape index (κ3) is 4.49. The standard InChI is InChI=1S/C13H19N3O4/c1-4-9-7-14-13(15-8-9)16-10(11(17)19-5-2)12(18)20-6-3/h7-8,10H,4-6H2,1-3H3,(H,14,15,16). The van der Waals surface area contributed by atoms with Gasteiger partial charge in [-0.15, -0.1) is 0 Å². The summed E-state index contributed by atoms with van der Waals surface area (Å²) >= 11 is 0. The van der Waals surface area contributed by atoms with Gasteiger partial charge in [-0.3, -0.25) is 0 Å². The topological polar surface area (TPSA) is 90.4 Å². The monoisotopic (exact) mass is 281 g/mol. The van der Waals surface area contributed by atoms with Crippen LogP contribution in [0.3, 0.4) is 0 Å². The number of ether oxygens (including phenoxy) is 2. The van der Waals surface area contributed by atoms with Crippen LogP contribution in [-0.4, -0.2) is 41.2 Å². The number of aromatic nitrogens is 2. The van der Waals surface area contributed by atoms with Crippen molar-refractivity contribution in [3.63, 3.8) is 0 Å². The highest BCUT2D eigenvalue weighted by Gasteiger charge is 2.30. The molecule has 7 heteroatoms. The Bertz CT molecular complexity index is 429. The van der Waals surface area contributed by atoms with Gasteiger partial charge in [-0.05, 0) is 25.8 Å². The number of anilines is 1. The molecule has 0 atom stereocenters. The first kappa shape index (κ1) is 15.9. The molecule has 0 saturated carbocycles. The van der Waals surface area contributed by atoms with Gasteiger partial charge in [-0.1, -0.05) is 6.92 Å². The van der Waals surface area contributed by atoms with Crippen molar-refractivity contribution in [1.29, 1.82) is 0 Å². The molecule has 1 aromatic rings. The van der Waals surface area contributed by atoms with Crippen LogP contribution < -0.4 is 5.32 Å². The molecular formula is C13H19N3O4. The van der Waals surface area contributed by atoms with Crippen LogP contribution in [0.4, 0.5) is 5.95 Å². The zero-order chi connectivity index (χ0) is 15.0. The predicted octanol–water partition coefficient (Wildman–Crippen LogP) is 0.946. The summed E-state index contributed by atoms with van der Waals surface area (Å²) in [6.07, 6.45) is 4.06. The van der Waals surface area contributed by atoms with Crippen molar-refractivity contribution in [3.8, 4) is 0 Å². The Balaban J connectivity index is 2.81. The van der Waals surface area contributed by atoms with Gasteiger partial charge < -0.3 is 14.8 Å². The van der Waals surface area contributed by atoms with Crippen LogP contribution in [0.15, 0.2) is 12.4 Å². The molecule has 1 rings (SSSR count). The largest absolute Gasteiger partial charge is 0.464 e. The molecule has 110 valence electrons. The quantitative estimate of drug-likeness (QED) is 0.587. The van der Waals surface area contributed by atoms with E-state index in [4.69, 9.17) is 9.47 Å². The summed E-state index contributed by atoms with van der Waals surface area (Å²) in [7, 11) is 0. The maximum Gasteiger partial charge on any atom is 0.340 e. The molecule has 0 aromatic carbocycles. The van der Waals surface area contributed by atoms with E-state index in [0.717, 1.165) is 12.0 Å². The lowest BCUT2D eigenvalue weighted by Crippen LogP contribution is -2.40. The lowest BCUT2D eigenvalue weighted by atomic mass is 10.3. The molecule has 1 aromatic heterocycles. The Morgan fingerprint density at radius 2 is 1.60 bits per heavy atom. The van der Waals surface area contributed by atoms with Crippen molar-refractivity contribution in [3.05, 3.63) is 18.0 Å². The van der Waals surface area contributed by atoms with E-state index >= 15 is 0 Å². The summed E-state index contributed by atoms with van der Waals surface area (Å²) in [5.41, 5.74) is 0.958. The van der Waals surface area contributed by atoms with Gasteiger partial charge in [0.05, 0.1) is 13.2 Å².